The molecule has 0 N–H and O–H groups in total. The van der Waals surface area contributed by atoms with E-state index in [1.807, 2.05) is 23.2 Å². The van der Waals surface area contributed by atoms with E-state index in [0.29, 0.717) is 6.61 Å². The Kier molecular flexibility index (Phi) is 5.09. The van der Waals surface area contributed by atoms with E-state index in [9.17, 15) is 9.59 Å². The normalized spacial score (nSPS) is 35.1. The smallest absolute Gasteiger partial charge is 0.328 e. The van der Waals surface area contributed by atoms with Gasteiger partial charge >= 0.3 is 5.97 Å². The monoisotopic (exact) mass is 396 g/mol. The SMILES string of the molecule is O=C(OCCCc1cccnc1)[C@H]1CCCN1C(=O)C12CC3CC(CC(C3)C1)C2. The number of hydrogen-bond donors (Lipinski definition) is 0. The van der Waals surface area contributed by atoms with Crippen LogP contribution in [-0.2, 0) is 20.7 Å². The number of nitrogens with zero attached hydrogens (tertiary/aromatic N) is 2. The van der Waals surface area contributed by atoms with E-state index in [-0.39, 0.29) is 23.3 Å². The number of esters is 1. The number of aromatic nitrogens is 1. The summed E-state index contributed by atoms with van der Waals surface area (Å²) < 4.78 is 5.59. The van der Waals surface area contributed by atoms with Crippen LogP contribution >= 0.6 is 0 Å². The first kappa shape index (κ1) is 19.1. The first-order valence-corrected chi connectivity index (χ1v) is 11.5. The van der Waals surface area contributed by atoms with Gasteiger partial charge in [-0.2, -0.15) is 0 Å². The van der Waals surface area contributed by atoms with Crippen molar-refractivity contribution in [3.05, 3.63) is 30.1 Å². The van der Waals surface area contributed by atoms with Crippen LogP contribution in [0.2, 0.25) is 0 Å². The first-order chi connectivity index (χ1) is 14.1. The van der Waals surface area contributed by atoms with Crippen molar-refractivity contribution in [2.24, 2.45) is 23.2 Å². The van der Waals surface area contributed by atoms with Gasteiger partial charge in [0.15, 0.2) is 0 Å². The van der Waals surface area contributed by atoms with E-state index >= 15 is 0 Å². The lowest BCUT2D eigenvalue weighted by Crippen LogP contribution is -2.56. The number of carbonyl (C=O) groups excluding carboxylic acids is 2. The zero-order valence-electron chi connectivity index (χ0n) is 17.2. The van der Waals surface area contributed by atoms with Crippen LogP contribution in [0.1, 0.15) is 63.4 Å². The average Bonchev–Trinajstić information content (AvgIpc) is 3.20. The summed E-state index contributed by atoms with van der Waals surface area (Å²) in [7, 11) is 0. The summed E-state index contributed by atoms with van der Waals surface area (Å²) in [5.41, 5.74) is 0.987. The lowest BCUT2D eigenvalue weighted by Gasteiger charge is -2.56. The molecule has 0 radical (unpaired) electrons. The second-order valence-corrected chi connectivity index (χ2v) is 9.99. The lowest BCUT2D eigenvalue weighted by atomic mass is 9.49. The Morgan fingerprint density at radius 3 is 2.52 bits per heavy atom. The quantitative estimate of drug-likeness (QED) is 0.543. The van der Waals surface area contributed by atoms with Gasteiger partial charge in [0.1, 0.15) is 6.04 Å². The van der Waals surface area contributed by atoms with Gasteiger partial charge in [-0.15, -0.1) is 0 Å². The number of hydrogen-bond acceptors (Lipinski definition) is 4. The summed E-state index contributed by atoms with van der Waals surface area (Å²) in [5, 5.41) is 0. The molecule has 1 aromatic heterocycles. The Bertz CT molecular complexity index is 727. The molecule has 4 aliphatic carbocycles. The van der Waals surface area contributed by atoms with Crippen molar-refractivity contribution in [3.8, 4) is 0 Å². The maximum absolute atomic E-state index is 13.6. The van der Waals surface area contributed by atoms with E-state index in [2.05, 4.69) is 4.98 Å². The minimum absolute atomic E-state index is 0.169. The summed E-state index contributed by atoms with van der Waals surface area (Å²) >= 11 is 0. The van der Waals surface area contributed by atoms with Crippen molar-refractivity contribution in [3.63, 3.8) is 0 Å². The van der Waals surface area contributed by atoms with Crippen LogP contribution in [0.25, 0.3) is 0 Å². The van der Waals surface area contributed by atoms with Gasteiger partial charge in [0.05, 0.1) is 12.0 Å². The van der Waals surface area contributed by atoms with Crippen molar-refractivity contribution in [2.75, 3.05) is 13.2 Å². The summed E-state index contributed by atoms with van der Waals surface area (Å²) in [4.78, 5) is 32.4. The fraction of sp³-hybridized carbons (Fsp3) is 0.708. The van der Waals surface area contributed by atoms with Crippen LogP contribution in [-0.4, -0.2) is 41.0 Å². The summed E-state index contributed by atoms with van der Waals surface area (Å²) in [5.74, 6) is 2.29. The molecule has 0 aromatic carbocycles. The van der Waals surface area contributed by atoms with Crippen LogP contribution in [0.15, 0.2) is 24.5 Å². The Hall–Kier alpha value is -1.91. The Labute approximate surface area is 173 Å². The van der Waals surface area contributed by atoms with Crippen molar-refractivity contribution >= 4 is 11.9 Å². The molecule has 2 heterocycles. The molecule has 5 fully saturated rings. The number of likely N-dealkylation sites (tertiary alicyclic amines) is 1. The molecule has 1 amide bonds. The molecule has 6 rings (SSSR count). The largest absolute Gasteiger partial charge is 0.464 e. The minimum atomic E-state index is -0.367. The highest BCUT2D eigenvalue weighted by molar-refractivity contribution is 5.89. The van der Waals surface area contributed by atoms with Crippen molar-refractivity contribution in [1.82, 2.24) is 9.88 Å². The summed E-state index contributed by atoms with van der Waals surface area (Å²) in [6, 6.07) is 3.60. The third-order valence-electron chi connectivity index (χ3n) is 7.85. The highest BCUT2D eigenvalue weighted by Gasteiger charge is 2.56. The van der Waals surface area contributed by atoms with Gasteiger partial charge in [-0.05, 0) is 93.6 Å². The average molecular weight is 397 g/mol. The Morgan fingerprint density at radius 2 is 1.86 bits per heavy atom. The van der Waals surface area contributed by atoms with E-state index < -0.39 is 0 Å². The number of ether oxygens (including phenoxy) is 1. The minimum Gasteiger partial charge on any atom is -0.464 e. The Balaban J connectivity index is 1.18. The second-order valence-electron chi connectivity index (χ2n) is 9.99. The van der Waals surface area contributed by atoms with Gasteiger partial charge in [0, 0.05) is 18.9 Å². The molecule has 156 valence electrons. The number of amides is 1. The van der Waals surface area contributed by atoms with Crippen LogP contribution in [0.3, 0.4) is 0 Å². The third-order valence-corrected chi connectivity index (χ3v) is 7.85. The molecular weight excluding hydrogens is 364 g/mol. The zero-order chi connectivity index (χ0) is 19.8. The maximum Gasteiger partial charge on any atom is 0.328 e. The predicted octanol–water partition coefficient (Wildman–Crippen LogP) is 3.76. The van der Waals surface area contributed by atoms with Crippen molar-refractivity contribution < 1.29 is 14.3 Å². The van der Waals surface area contributed by atoms with Gasteiger partial charge in [-0.25, -0.2) is 4.79 Å². The van der Waals surface area contributed by atoms with E-state index in [0.717, 1.165) is 74.8 Å². The molecule has 1 aromatic rings. The molecule has 1 atom stereocenters. The van der Waals surface area contributed by atoms with E-state index in [1.54, 1.807) is 6.20 Å². The van der Waals surface area contributed by atoms with Gasteiger partial charge < -0.3 is 9.64 Å². The molecule has 4 bridgehead atoms. The molecule has 4 saturated carbocycles. The number of aryl methyl sites for hydroxylation is 1. The number of carbonyl (C=O) groups is 2. The van der Waals surface area contributed by atoms with Gasteiger partial charge in [-0.1, -0.05) is 6.07 Å². The predicted molar refractivity (Wildman–Crippen MR) is 109 cm³/mol. The maximum atomic E-state index is 13.6. The third kappa shape index (κ3) is 3.69. The van der Waals surface area contributed by atoms with Crippen molar-refractivity contribution in [1.29, 1.82) is 0 Å². The Morgan fingerprint density at radius 1 is 1.14 bits per heavy atom. The van der Waals surface area contributed by atoms with Gasteiger partial charge in [0.2, 0.25) is 5.91 Å². The number of pyridine rings is 1. The molecule has 0 spiro atoms. The molecular formula is C24H32N2O3. The molecule has 29 heavy (non-hydrogen) atoms. The zero-order valence-corrected chi connectivity index (χ0v) is 17.2. The van der Waals surface area contributed by atoms with Crippen LogP contribution in [0.4, 0.5) is 0 Å². The second kappa shape index (κ2) is 7.73. The molecule has 0 unspecified atom stereocenters. The molecule has 5 aliphatic rings. The topological polar surface area (TPSA) is 59.5 Å². The number of rotatable bonds is 6. The highest BCUT2D eigenvalue weighted by atomic mass is 16.5. The van der Waals surface area contributed by atoms with Crippen LogP contribution < -0.4 is 0 Å². The standard InChI is InChI=1S/C24H32N2O3/c27-22(29-9-3-5-17-4-1-7-25-16-17)21-6-2-8-26(21)23(28)24-13-18-10-19(14-24)12-20(11-18)15-24/h1,4,7,16,18-21H,2-3,5-6,8-15H2/t18?,19?,20?,21-,24?/m1/s1. The van der Waals surface area contributed by atoms with E-state index in [4.69, 9.17) is 4.74 Å². The van der Waals surface area contributed by atoms with Gasteiger partial charge in [-0.3, -0.25) is 9.78 Å². The molecule has 5 nitrogen and oxygen atoms in total. The van der Waals surface area contributed by atoms with Gasteiger partial charge in [0.25, 0.3) is 0 Å². The van der Waals surface area contributed by atoms with Crippen LogP contribution in [0.5, 0.6) is 0 Å². The molecule has 1 aliphatic heterocycles. The summed E-state index contributed by atoms with van der Waals surface area (Å²) in [6.45, 7) is 1.12. The van der Waals surface area contributed by atoms with Crippen molar-refractivity contribution in [2.45, 2.75) is 70.3 Å². The lowest BCUT2D eigenvalue weighted by molar-refractivity contribution is -0.165. The molecule has 5 heteroatoms. The summed E-state index contributed by atoms with van der Waals surface area (Å²) in [6.07, 6.45) is 14.1. The van der Waals surface area contributed by atoms with E-state index in [1.165, 1.54) is 19.3 Å². The highest BCUT2D eigenvalue weighted by Crippen LogP contribution is 2.60. The first-order valence-electron chi connectivity index (χ1n) is 11.5. The fourth-order valence-electron chi connectivity index (χ4n) is 7.02. The fourth-order valence-corrected chi connectivity index (χ4v) is 7.02. The molecule has 1 saturated heterocycles. The van der Waals surface area contributed by atoms with Crippen LogP contribution in [0, 0.1) is 23.2 Å².